The van der Waals surface area contributed by atoms with Crippen molar-refractivity contribution in [2.45, 2.75) is 76.6 Å². The highest BCUT2D eigenvalue weighted by molar-refractivity contribution is 5.08. The summed E-state index contributed by atoms with van der Waals surface area (Å²) in [6, 6.07) is 1.94. The Labute approximate surface area is 111 Å². The standard InChI is InChI=1S/C15H28N2O/c1-14(2,3)10-13-15(18-7-6-16-13)8-11-4-5-12(9-15)17-11/h11-13,16-17H,4-10H2,1-3H3. The number of rotatable bonds is 1. The van der Waals surface area contributed by atoms with Crippen LogP contribution in [0.25, 0.3) is 0 Å². The van der Waals surface area contributed by atoms with E-state index in [4.69, 9.17) is 4.74 Å². The second-order valence-electron chi connectivity index (χ2n) is 7.73. The fourth-order valence-electron chi connectivity index (χ4n) is 4.19. The first-order valence-corrected chi connectivity index (χ1v) is 7.60. The second kappa shape index (κ2) is 4.46. The van der Waals surface area contributed by atoms with Gasteiger partial charge in [0.25, 0.3) is 0 Å². The molecule has 2 N–H and O–H groups in total. The van der Waals surface area contributed by atoms with Crippen molar-refractivity contribution in [3.8, 4) is 0 Å². The van der Waals surface area contributed by atoms with Crippen LogP contribution in [0.3, 0.4) is 0 Å². The molecule has 3 aliphatic heterocycles. The van der Waals surface area contributed by atoms with Crippen LogP contribution in [-0.2, 0) is 4.74 Å². The summed E-state index contributed by atoms with van der Waals surface area (Å²) in [5.74, 6) is 0. The van der Waals surface area contributed by atoms with Crippen LogP contribution in [0.4, 0.5) is 0 Å². The molecule has 3 unspecified atom stereocenters. The number of piperidine rings is 1. The quantitative estimate of drug-likeness (QED) is 0.749. The van der Waals surface area contributed by atoms with E-state index in [0.717, 1.165) is 13.2 Å². The van der Waals surface area contributed by atoms with E-state index < -0.39 is 0 Å². The van der Waals surface area contributed by atoms with Crippen LogP contribution in [0.15, 0.2) is 0 Å². The van der Waals surface area contributed by atoms with Crippen molar-refractivity contribution >= 4 is 0 Å². The Morgan fingerprint density at radius 3 is 2.44 bits per heavy atom. The smallest absolute Gasteiger partial charge is 0.0865 e. The maximum atomic E-state index is 6.34. The lowest BCUT2D eigenvalue weighted by Gasteiger charge is -2.50. The van der Waals surface area contributed by atoms with E-state index in [-0.39, 0.29) is 5.60 Å². The fraction of sp³-hybridized carbons (Fsp3) is 1.00. The Morgan fingerprint density at radius 2 is 1.83 bits per heavy atom. The van der Waals surface area contributed by atoms with E-state index in [2.05, 4.69) is 31.4 Å². The van der Waals surface area contributed by atoms with Crippen molar-refractivity contribution in [2.75, 3.05) is 13.2 Å². The largest absolute Gasteiger partial charge is 0.372 e. The van der Waals surface area contributed by atoms with Gasteiger partial charge < -0.3 is 15.4 Å². The summed E-state index contributed by atoms with van der Waals surface area (Å²) in [6.45, 7) is 8.93. The molecule has 3 fully saturated rings. The van der Waals surface area contributed by atoms with Crippen molar-refractivity contribution in [1.29, 1.82) is 0 Å². The molecule has 3 heteroatoms. The topological polar surface area (TPSA) is 33.3 Å². The molecule has 0 aromatic carbocycles. The molecule has 0 aromatic rings. The van der Waals surface area contributed by atoms with Crippen LogP contribution in [0.2, 0.25) is 0 Å². The predicted molar refractivity (Wildman–Crippen MR) is 73.7 cm³/mol. The van der Waals surface area contributed by atoms with Crippen molar-refractivity contribution in [2.24, 2.45) is 5.41 Å². The zero-order valence-corrected chi connectivity index (χ0v) is 12.1. The molecule has 3 atom stereocenters. The Hall–Kier alpha value is -0.120. The van der Waals surface area contributed by atoms with E-state index in [0.29, 0.717) is 23.5 Å². The zero-order valence-electron chi connectivity index (χ0n) is 12.1. The molecule has 0 aliphatic carbocycles. The average molecular weight is 252 g/mol. The Kier molecular flexibility index (Phi) is 3.20. The third-order valence-corrected chi connectivity index (χ3v) is 4.85. The Bertz CT molecular complexity index is 298. The summed E-state index contributed by atoms with van der Waals surface area (Å²) in [4.78, 5) is 0. The number of hydrogen-bond donors (Lipinski definition) is 2. The number of morpholine rings is 1. The maximum Gasteiger partial charge on any atom is 0.0865 e. The third kappa shape index (κ3) is 2.45. The highest BCUT2D eigenvalue weighted by Crippen LogP contribution is 2.42. The van der Waals surface area contributed by atoms with Gasteiger partial charge in [-0.2, -0.15) is 0 Å². The van der Waals surface area contributed by atoms with Gasteiger partial charge in [-0.25, -0.2) is 0 Å². The molecule has 1 spiro atoms. The lowest BCUT2D eigenvalue weighted by atomic mass is 9.74. The van der Waals surface area contributed by atoms with Crippen molar-refractivity contribution < 1.29 is 4.74 Å². The molecule has 3 nitrogen and oxygen atoms in total. The zero-order chi connectivity index (χ0) is 12.8. The summed E-state index contributed by atoms with van der Waals surface area (Å²) in [5.41, 5.74) is 0.484. The van der Waals surface area contributed by atoms with Crippen molar-refractivity contribution in [3.63, 3.8) is 0 Å². The van der Waals surface area contributed by atoms with Gasteiger partial charge in [0.15, 0.2) is 0 Å². The minimum absolute atomic E-state index is 0.114. The lowest BCUT2D eigenvalue weighted by Crippen LogP contribution is -2.64. The maximum absolute atomic E-state index is 6.34. The van der Waals surface area contributed by atoms with E-state index in [9.17, 15) is 0 Å². The van der Waals surface area contributed by atoms with Crippen molar-refractivity contribution in [1.82, 2.24) is 10.6 Å². The molecule has 0 amide bonds. The fourth-order valence-corrected chi connectivity index (χ4v) is 4.19. The monoisotopic (exact) mass is 252 g/mol. The van der Waals surface area contributed by atoms with Crippen LogP contribution in [0.1, 0.15) is 52.9 Å². The van der Waals surface area contributed by atoms with E-state index >= 15 is 0 Å². The molecule has 3 rings (SSSR count). The second-order valence-corrected chi connectivity index (χ2v) is 7.73. The van der Waals surface area contributed by atoms with Gasteiger partial charge in [-0.05, 0) is 37.5 Å². The molecule has 18 heavy (non-hydrogen) atoms. The normalized spacial score (nSPS) is 44.5. The van der Waals surface area contributed by atoms with E-state index in [1.54, 1.807) is 0 Å². The van der Waals surface area contributed by atoms with Gasteiger partial charge in [-0.15, -0.1) is 0 Å². The highest BCUT2D eigenvalue weighted by atomic mass is 16.5. The molecule has 104 valence electrons. The minimum Gasteiger partial charge on any atom is -0.372 e. The number of ether oxygens (including phenoxy) is 1. The SMILES string of the molecule is CC(C)(C)CC1NCCOC12CC1CCC(C2)N1. The molecule has 0 radical (unpaired) electrons. The van der Waals surface area contributed by atoms with Gasteiger partial charge in [-0.1, -0.05) is 20.8 Å². The summed E-state index contributed by atoms with van der Waals surface area (Å²) < 4.78 is 6.34. The van der Waals surface area contributed by atoms with E-state index in [1.165, 1.54) is 32.1 Å². The predicted octanol–water partition coefficient (Wildman–Crippen LogP) is 2.06. The van der Waals surface area contributed by atoms with Crippen LogP contribution in [-0.4, -0.2) is 36.9 Å². The van der Waals surface area contributed by atoms with Crippen LogP contribution in [0.5, 0.6) is 0 Å². The van der Waals surface area contributed by atoms with Gasteiger partial charge in [0, 0.05) is 24.7 Å². The summed E-state index contributed by atoms with van der Waals surface area (Å²) >= 11 is 0. The molecular formula is C15H28N2O. The minimum atomic E-state index is 0.114. The Balaban J connectivity index is 1.78. The van der Waals surface area contributed by atoms with Crippen molar-refractivity contribution in [3.05, 3.63) is 0 Å². The molecule has 0 saturated carbocycles. The number of nitrogens with one attached hydrogen (secondary N) is 2. The number of fused-ring (bicyclic) bond motifs is 2. The van der Waals surface area contributed by atoms with Crippen LogP contribution < -0.4 is 10.6 Å². The molecule has 3 saturated heterocycles. The summed E-state index contributed by atoms with van der Waals surface area (Å²) in [5, 5.41) is 7.49. The highest BCUT2D eigenvalue weighted by Gasteiger charge is 2.50. The van der Waals surface area contributed by atoms with Gasteiger partial charge in [0.1, 0.15) is 0 Å². The molecule has 3 heterocycles. The van der Waals surface area contributed by atoms with Gasteiger partial charge in [0.05, 0.1) is 12.2 Å². The van der Waals surface area contributed by atoms with E-state index in [1.807, 2.05) is 0 Å². The van der Waals surface area contributed by atoms with Crippen LogP contribution >= 0.6 is 0 Å². The van der Waals surface area contributed by atoms with Crippen LogP contribution in [0, 0.1) is 5.41 Å². The Morgan fingerprint density at radius 1 is 1.17 bits per heavy atom. The first-order valence-electron chi connectivity index (χ1n) is 7.60. The summed E-state index contributed by atoms with van der Waals surface area (Å²) in [6.07, 6.45) is 6.32. The molecular weight excluding hydrogens is 224 g/mol. The number of hydrogen-bond acceptors (Lipinski definition) is 3. The summed E-state index contributed by atoms with van der Waals surface area (Å²) in [7, 11) is 0. The average Bonchev–Trinajstić information content (AvgIpc) is 2.61. The molecule has 3 aliphatic rings. The van der Waals surface area contributed by atoms with Gasteiger partial charge in [-0.3, -0.25) is 0 Å². The van der Waals surface area contributed by atoms with Gasteiger partial charge >= 0.3 is 0 Å². The lowest BCUT2D eigenvalue weighted by molar-refractivity contribution is -0.129. The van der Waals surface area contributed by atoms with Gasteiger partial charge in [0.2, 0.25) is 0 Å². The third-order valence-electron chi connectivity index (χ3n) is 4.85. The first kappa shape index (κ1) is 12.9. The molecule has 2 bridgehead atoms. The molecule has 0 aromatic heterocycles. The first-order chi connectivity index (χ1) is 8.47.